The van der Waals surface area contributed by atoms with Gasteiger partial charge in [-0.15, -0.1) is 0 Å². The van der Waals surface area contributed by atoms with E-state index in [0.717, 1.165) is 0 Å². The van der Waals surface area contributed by atoms with Gasteiger partial charge in [0.2, 0.25) is 10.0 Å². The Bertz CT molecular complexity index is 563. The van der Waals surface area contributed by atoms with E-state index in [1.165, 1.54) is 4.31 Å². The van der Waals surface area contributed by atoms with Crippen LogP contribution in [0.4, 0.5) is 5.69 Å². The number of benzene rings is 1. The Morgan fingerprint density at radius 2 is 2.29 bits per heavy atom. The van der Waals surface area contributed by atoms with Gasteiger partial charge in [0.25, 0.3) is 0 Å². The molecule has 1 unspecified atom stereocenters. The van der Waals surface area contributed by atoms with Gasteiger partial charge in [-0.2, -0.15) is 4.31 Å². The molecule has 2 rings (SSSR count). The SMILES string of the molecule is Nc1cccc(OCCS(=O)(=O)N2CCOCC2CO)c1. The molecule has 7 nitrogen and oxygen atoms in total. The molecule has 3 N–H and O–H groups in total. The molecule has 1 aliphatic rings. The van der Waals surface area contributed by atoms with E-state index in [9.17, 15) is 13.5 Å². The fourth-order valence-electron chi connectivity index (χ4n) is 2.14. The molecule has 1 atom stereocenters. The zero-order valence-corrected chi connectivity index (χ0v) is 12.5. The van der Waals surface area contributed by atoms with Gasteiger partial charge in [0.1, 0.15) is 12.4 Å². The van der Waals surface area contributed by atoms with E-state index in [-0.39, 0.29) is 32.1 Å². The van der Waals surface area contributed by atoms with Gasteiger partial charge in [0.05, 0.1) is 31.6 Å². The van der Waals surface area contributed by atoms with Crippen LogP contribution in [0.2, 0.25) is 0 Å². The van der Waals surface area contributed by atoms with E-state index in [1.807, 2.05) is 0 Å². The van der Waals surface area contributed by atoms with Crippen molar-refractivity contribution in [1.29, 1.82) is 0 Å². The number of sulfonamides is 1. The normalized spacial score (nSPS) is 20.3. The molecule has 21 heavy (non-hydrogen) atoms. The van der Waals surface area contributed by atoms with Crippen molar-refractivity contribution < 1.29 is 23.0 Å². The lowest BCUT2D eigenvalue weighted by atomic mass is 10.3. The third-order valence-corrected chi connectivity index (χ3v) is 5.09. The second-order valence-corrected chi connectivity index (χ2v) is 6.80. The van der Waals surface area contributed by atoms with E-state index < -0.39 is 16.1 Å². The van der Waals surface area contributed by atoms with Crippen LogP contribution >= 0.6 is 0 Å². The van der Waals surface area contributed by atoms with Crippen LogP contribution in [0.25, 0.3) is 0 Å². The van der Waals surface area contributed by atoms with Crippen LogP contribution in [0.1, 0.15) is 0 Å². The highest BCUT2D eigenvalue weighted by Crippen LogP contribution is 2.16. The average molecular weight is 316 g/mol. The van der Waals surface area contributed by atoms with Crippen LogP contribution < -0.4 is 10.5 Å². The molecular formula is C13H20N2O5S. The van der Waals surface area contributed by atoms with Crippen molar-refractivity contribution in [2.75, 3.05) is 44.5 Å². The minimum atomic E-state index is -3.49. The van der Waals surface area contributed by atoms with Crippen LogP contribution in [0.5, 0.6) is 5.75 Å². The number of nitrogen functional groups attached to an aromatic ring is 1. The molecule has 1 saturated heterocycles. The molecule has 0 aromatic heterocycles. The van der Waals surface area contributed by atoms with E-state index in [4.69, 9.17) is 15.2 Å². The van der Waals surface area contributed by atoms with Gasteiger partial charge in [0, 0.05) is 18.3 Å². The number of rotatable bonds is 6. The summed E-state index contributed by atoms with van der Waals surface area (Å²) in [5, 5.41) is 9.23. The van der Waals surface area contributed by atoms with Gasteiger partial charge >= 0.3 is 0 Å². The molecule has 0 spiro atoms. The molecule has 1 aromatic carbocycles. The van der Waals surface area contributed by atoms with Gasteiger partial charge in [-0.05, 0) is 12.1 Å². The van der Waals surface area contributed by atoms with Crippen molar-refractivity contribution in [3.8, 4) is 5.75 Å². The molecule has 1 aromatic rings. The topological polar surface area (TPSA) is 102 Å². The molecule has 0 saturated carbocycles. The summed E-state index contributed by atoms with van der Waals surface area (Å²) < 4.78 is 36.4. The van der Waals surface area contributed by atoms with Crippen molar-refractivity contribution in [3.05, 3.63) is 24.3 Å². The van der Waals surface area contributed by atoms with Gasteiger partial charge in [-0.1, -0.05) is 6.07 Å². The van der Waals surface area contributed by atoms with Gasteiger partial charge < -0.3 is 20.3 Å². The van der Waals surface area contributed by atoms with Crippen LogP contribution in [0.15, 0.2) is 24.3 Å². The van der Waals surface area contributed by atoms with Gasteiger partial charge in [-0.25, -0.2) is 8.42 Å². The highest BCUT2D eigenvalue weighted by Gasteiger charge is 2.32. The predicted octanol–water partition coefficient (Wildman–Crippen LogP) is -0.329. The predicted molar refractivity (Wildman–Crippen MR) is 78.5 cm³/mol. The third-order valence-electron chi connectivity index (χ3n) is 3.21. The molecule has 0 radical (unpaired) electrons. The Kier molecular flexibility index (Phi) is 5.40. The summed E-state index contributed by atoms with van der Waals surface area (Å²) in [5.74, 6) is 0.379. The maximum absolute atomic E-state index is 12.3. The van der Waals surface area contributed by atoms with E-state index in [0.29, 0.717) is 18.0 Å². The maximum atomic E-state index is 12.3. The second-order valence-electron chi connectivity index (χ2n) is 4.76. The lowest BCUT2D eigenvalue weighted by molar-refractivity contribution is 0.0108. The summed E-state index contributed by atoms with van der Waals surface area (Å²) in [5.41, 5.74) is 6.18. The summed E-state index contributed by atoms with van der Waals surface area (Å²) >= 11 is 0. The first-order valence-electron chi connectivity index (χ1n) is 6.69. The zero-order chi connectivity index (χ0) is 15.3. The molecule has 0 amide bonds. The van der Waals surface area contributed by atoms with Crippen molar-refractivity contribution in [1.82, 2.24) is 4.31 Å². The quantitative estimate of drug-likeness (QED) is 0.697. The number of aliphatic hydroxyl groups is 1. The summed E-state index contributed by atoms with van der Waals surface area (Å²) in [7, 11) is -3.49. The molecule has 8 heteroatoms. The standard InChI is InChI=1S/C13H20N2O5S/c14-11-2-1-3-13(8-11)20-6-7-21(17,18)15-4-5-19-10-12(15)9-16/h1-3,8,12,16H,4-7,9-10,14H2. The zero-order valence-electron chi connectivity index (χ0n) is 11.6. The Morgan fingerprint density at radius 3 is 3.00 bits per heavy atom. The molecule has 1 aliphatic heterocycles. The molecule has 1 fully saturated rings. The van der Waals surface area contributed by atoms with Gasteiger partial charge in [-0.3, -0.25) is 0 Å². The lowest BCUT2D eigenvalue weighted by Gasteiger charge is -2.33. The largest absolute Gasteiger partial charge is 0.492 e. The Labute approximate surface area is 124 Å². The summed E-state index contributed by atoms with van der Waals surface area (Å²) in [6.07, 6.45) is 0. The smallest absolute Gasteiger partial charge is 0.217 e. The first-order valence-corrected chi connectivity index (χ1v) is 8.30. The molecule has 0 aliphatic carbocycles. The number of hydrogen-bond acceptors (Lipinski definition) is 6. The number of hydrogen-bond donors (Lipinski definition) is 2. The van der Waals surface area contributed by atoms with Crippen LogP contribution in [-0.2, 0) is 14.8 Å². The summed E-state index contributed by atoms with van der Waals surface area (Å²) in [6.45, 7) is 0.583. The van der Waals surface area contributed by atoms with Crippen molar-refractivity contribution in [3.63, 3.8) is 0 Å². The van der Waals surface area contributed by atoms with E-state index in [1.54, 1.807) is 24.3 Å². The number of nitrogens with two attached hydrogens (primary N) is 1. The van der Waals surface area contributed by atoms with Crippen LogP contribution in [-0.4, -0.2) is 62.6 Å². The number of aliphatic hydroxyl groups excluding tert-OH is 1. The fourth-order valence-corrected chi connectivity index (χ4v) is 3.60. The number of anilines is 1. The first-order chi connectivity index (χ1) is 10.0. The summed E-state index contributed by atoms with van der Waals surface area (Å²) in [6, 6.07) is 6.30. The van der Waals surface area contributed by atoms with Crippen LogP contribution in [0.3, 0.4) is 0 Å². The molecule has 1 heterocycles. The molecule has 118 valence electrons. The minimum Gasteiger partial charge on any atom is -0.492 e. The molecule has 0 bridgehead atoms. The van der Waals surface area contributed by atoms with Gasteiger partial charge in [0.15, 0.2) is 0 Å². The third kappa shape index (κ3) is 4.31. The van der Waals surface area contributed by atoms with E-state index >= 15 is 0 Å². The second kappa shape index (κ2) is 7.08. The maximum Gasteiger partial charge on any atom is 0.217 e. The molecular weight excluding hydrogens is 296 g/mol. The van der Waals surface area contributed by atoms with Crippen molar-refractivity contribution in [2.45, 2.75) is 6.04 Å². The monoisotopic (exact) mass is 316 g/mol. The van der Waals surface area contributed by atoms with E-state index in [2.05, 4.69) is 0 Å². The highest BCUT2D eigenvalue weighted by molar-refractivity contribution is 7.89. The average Bonchev–Trinajstić information content (AvgIpc) is 2.47. The van der Waals surface area contributed by atoms with Crippen molar-refractivity contribution in [2.24, 2.45) is 0 Å². The highest BCUT2D eigenvalue weighted by atomic mass is 32.2. The Morgan fingerprint density at radius 1 is 1.48 bits per heavy atom. The fraction of sp³-hybridized carbons (Fsp3) is 0.538. The lowest BCUT2D eigenvalue weighted by Crippen LogP contribution is -2.51. The number of nitrogens with zero attached hydrogens (tertiary/aromatic N) is 1. The van der Waals surface area contributed by atoms with Crippen molar-refractivity contribution >= 4 is 15.7 Å². The number of morpholine rings is 1. The number of ether oxygens (including phenoxy) is 2. The Balaban J connectivity index is 1.91. The Hall–Kier alpha value is -1.35. The minimum absolute atomic E-state index is 0.0291. The summed E-state index contributed by atoms with van der Waals surface area (Å²) in [4.78, 5) is 0. The first kappa shape index (κ1) is 16.0. The van der Waals surface area contributed by atoms with Crippen LogP contribution in [0, 0.1) is 0 Å².